The Bertz CT molecular complexity index is 520. The highest BCUT2D eigenvalue weighted by molar-refractivity contribution is 6.30. The van der Waals surface area contributed by atoms with Gasteiger partial charge in [0.1, 0.15) is 17.7 Å². The molecule has 0 aliphatic rings. The summed E-state index contributed by atoms with van der Waals surface area (Å²) < 4.78 is 26.7. The van der Waals surface area contributed by atoms with Gasteiger partial charge in [0.05, 0.1) is 10.6 Å². The Kier molecular flexibility index (Phi) is 4.83. The first-order valence-electron chi connectivity index (χ1n) is 5.42. The number of hydrogen-bond donors (Lipinski definition) is 2. The molecule has 2 N–H and O–H groups in total. The molecule has 0 fully saturated rings. The number of carbonyl (C=O) groups is 2. The van der Waals surface area contributed by atoms with Crippen molar-refractivity contribution in [2.75, 3.05) is 0 Å². The van der Waals surface area contributed by atoms with Gasteiger partial charge in [-0.15, -0.1) is 0 Å². The van der Waals surface area contributed by atoms with Crippen molar-refractivity contribution in [2.45, 2.75) is 19.9 Å². The molecule has 1 aromatic carbocycles. The van der Waals surface area contributed by atoms with E-state index in [0.717, 1.165) is 0 Å². The van der Waals surface area contributed by atoms with Crippen LogP contribution >= 0.6 is 11.6 Å². The monoisotopic (exact) mass is 291 g/mol. The van der Waals surface area contributed by atoms with Gasteiger partial charge in [-0.3, -0.25) is 4.79 Å². The Labute approximate surface area is 113 Å². The van der Waals surface area contributed by atoms with E-state index in [4.69, 9.17) is 16.7 Å². The number of hydrogen-bond acceptors (Lipinski definition) is 2. The lowest BCUT2D eigenvalue weighted by molar-refractivity contribution is -0.140. The van der Waals surface area contributed by atoms with Crippen LogP contribution in [0.2, 0.25) is 5.02 Å². The predicted molar refractivity (Wildman–Crippen MR) is 65.1 cm³/mol. The molecule has 104 valence electrons. The Hall–Kier alpha value is -1.69. The third kappa shape index (κ3) is 3.64. The zero-order valence-electron chi connectivity index (χ0n) is 10.2. The number of aliphatic carboxylic acids is 1. The number of benzene rings is 1. The molecule has 0 saturated carbocycles. The molecule has 0 spiro atoms. The smallest absolute Gasteiger partial charge is 0.326 e. The second-order valence-corrected chi connectivity index (χ2v) is 4.69. The standard InChI is InChI=1S/C12H12ClF2NO3/c1-5(2)10(12(18)19)16-11(17)6-3-9(15)7(13)4-8(6)14/h3-5,10H,1-2H3,(H,16,17)(H,18,19)/t10-/m0/s1. The van der Waals surface area contributed by atoms with E-state index in [9.17, 15) is 18.4 Å². The molecule has 7 heteroatoms. The number of carboxylic acids is 1. The number of nitrogens with one attached hydrogen (secondary N) is 1. The van der Waals surface area contributed by atoms with E-state index in [1.807, 2.05) is 0 Å². The predicted octanol–water partition coefficient (Wildman–Crippen LogP) is 2.46. The lowest BCUT2D eigenvalue weighted by Crippen LogP contribution is -2.44. The largest absolute Gasteiger partial charge is 0.480 e. The summed E-state index contributed by atoms with van der Waals surface area (Å²) in [5.74, 6) is -4.63. The van der Waals surface area contributed by atoms with Gasteiger partial charge in [-0.05, 0) is 18.1 Å². The molecule has 1 atom stereocenters. The number of carboxylic acid groups (broad SMARTS) is 1. The van der Waals surface area contributed by atoms with Crippen LogP contribution < -0.4 is 5.32 Å². The summed E-state index contributed by atoms with van der Waals surface area (Å²) in [6.07, 6.45) is 0. The first kappa shape index (κ1) is 15.4. The van der Waals surface area contributed by atoms with Crippen molar-refractivity contribution >= 4 is 23.5 Å². The number of amides is 1. The fourth-order valence-electron chi connectivity index (χ4n) is 1.43. The van der Waals surface area contributed by atoms with Crippen LogP contribution in [-0.2, 0) is 4.79 Å². The molecule has 1 rings (SSSR count). The van der Waals surface area contributed by atoms with Crippen molar-refractivity contribution < 1.29 is 23.5 Å². The second kappa shape index (κ2) is 5.97. The van der Waals surface area contributed by atoms with Gasteiger partial charge >= 0.3 is 5.97 Å². The number of rotatable bonds is 4. The maximum absolute atomic E-state index is 13.5. The van der Waals surface area contributed by atoms with Crippen LogP contribution in [0.1, 0.15) is 24.2 Å². The molecule has 0 radical (unpaired) electrons. The average Bonchev–Trinajstić information content (AvgIpc) is 2.29. The first-order chi connectivity index (χ1) is 8.73. The molecule has 0 heterocycles. The summed E-state index contributed by atoms with van der Waals surface area (Å²) in [5, 5.41) is 10.6. The van der Waals surface area contributed by atoms with Gasteiger partial charge in [-0.25, -0.2) is 13.6 Å². The van der Waals surface area contributed by atoms with Crippen molar-refractivity contribution in [3.63, 3.8) is 0 Å². The van der Waals surface area contributed by atoms with E-state index in [-0.39, 0.29) is 0 Å². The summed E-state index contributed by atoms with van der Waals surface area (Å²) >= 11 is 5.36. The van der Waals surface area contributed by atoms with Crippen LogP contribution in [-0.4, -0.2) is 23.0 Å². The van der Waals surface area contributed by atoms with Gasteiger partial charge in [-0.1, -0.05) is 25.4 Å². The van der Waals surface area contributed by atoms with E-state index in [1.54, 1.807) is 13.8 Å². The highest BCUT2D eigenvalue weighted by atomic mass is 35.5. The van der Waals surface area contributed by atoms with Gasteiger partial charge in [0, 0.05) is 0 Å². The lowest BCUT2D eigenvalue weighted by Gasteiger charge is -2.18. The van der Waals surface area contributed by atoms with Crippen LogP contribution in [0.5, 0.6) is 0 Å². The van der Waals surface area contributed by atoms with Crippen molar-refractivity contribution in [2.24, 2.45) is 5.92 Å². The molecule has 0 bridgehead atoms. The van der Waals surface area contributed by atoms with Gasteiger partial charge in [0.15, 0.2) is 0 Å². The Balaban J connectivity index is 3.01. The minimum Gasteiger partial charge on any atom is -0.480 e. The van der Waals surface area contributed by atoms with E-state index in [2.05, 4.69) is 5.32 Å². The SMILES string of the molecule is CC(C)[C@H](NC(=O)c1cc(F)c(Cl)cc1F)C(=O)O. The first-order valence-corrected chi connectivity index (χ1v) is 5.80. The molecule has 1 amide bonds. The number of carbonyl (C=O) groups excluding carboxylic acids is 1. The van der Waals surface area contributed by atoms with Crippen LogP contribution in [0.4, 0.5) is 8.78 Å². The minimum absolute atomic E-state index is 0.401. The maximum Gasteiger partial charge on any atom is 0.326 e. The molecule has 0 saturated heterocycles. The van der Waals surface area contributed by atoms with Gasteiger partial charge in [-0.2, -0.15) is 0 Å². The molecule has 0 aliphatic carbocycles. The average molecular weight is 292 g/mol. The lowest BCUT2D eigenvalue weighted by atomic mass is 10.0. The third-order valence-corrected chi connectivity index (χ3v) is 2.76. The summed E-state index contributed by atoms with van der Waals surface area (Å²) in [6.45, 7) is 3.16. The zero-order chi connectivity index (χ0) is 14.7. The van der Waals surface area contributed by atoms with E-state index < -0.39 is 46.1 Å². The fraction of sp³-hybridized carbons (Fsp3) is 0.333. The number of halogens is 3. The summed E-state index contributed by atoms with van der Waals surface area (Å²) in [5.41, 5.74) is -0.589. The molecule has 0 aromatic heterocycles. The Morgan fingerprint density at radius 2 is 1.84 bits per heavy atom. The highest BCUT2D eigenvalue weighted by Gasteiger charge is 2.25. The Morgan fingerprint density at radius 1 is 1.26 bits per heavy atom. The van der Waals surface area contributed by atoms with Crippen LogP contribution in [0.25, 0.3) is 0 Å². The molecular weight excluding hydrogens is 280 g/mol. The Morgan fingerprint density at radius 3 is 2.32 bits per heavy atom. The maximum atomic E-state index is 13.5. The van der Waals surface area contributed by atoms with E-state index in [1.165, 1.54) is 0 Å². The van der Waals surface area contributed by atoms with Crippen molar-refractivity contribution in [3.05, 3.63) is 34.4 Å². The molecule has 1 aromatic rings. The van der Waals surface area contributed by atoms with E-state index >= 15 is 0 Å². The van der Waals surface area contributed by atoms with Gasteiger partial charge in [0.25, 0.3) is 5.91 Å². The molecule has 19 heavy (non-hydrogen) atoms. The summed E-state index contributed by atoms with van der Waals surface area (Å²) in [4.78, 5) is 22.6. The highest BCUT2D eigenvalue weighted by Crippen LogP contribution is 2.19. The molecule has 0 aliphatic heterocycles. The van der Waals surface area contributed by atoms with Crippen molar-refractivity contribution in [1.29, 1.82) is 0 Å². The quantitative estimate of drug-likeness (QED) is 0.838. The normalized spacial score (nSPS) is 12.3. The van der Waals surface area contributed by atoms with E-state index in [0.29, 0.717) is 12.1 Å². The van der Waals surface area contributed by atoms with Crippen molar-refractivity contribution in [3.8, 4) is 0 Å². The summed E-state index contributed by atoms with van der Waals surface area (Å²) in [7, 11) is 0. The molecule has 0 unspecified atom stereocenters. The summed E-state index contributed by atoms with van der Waals surface area (Å²) in [6, 6.07) is 0.106. The van der Waals surface area contributed by atoms with Gasteiger partial charge < -0.3 is 10.4 Å². The fourth-order valence-corrected chi connectivity index (χ4v) is 1.58. The molecule has 4 nitrogen and oxygen atoms in total. The zero-order valence-corrected chi connectivity index (χ0v) is 11.0. The van der Waals surface area contributed by atoms with Crippen molar-refractivity contribution in [1.82, 2.24) is 5.32 Å². The minimum atomic E-state index is -1.25. The van der Waals surface area contributed by atoms with Crippen LogP contribution in [0, 0.1) is 17.6 Å². The molecular formula is C12H12ClF2NO3. The van der Waals surface area contributed by atoms with Crippen LogP contribution in [0.15, 0.2) is 12.1 Å². The third-order valence-electron chi connectivity index (χ3n) is 2.47. The second-order valence-electron chi connectivity index (χ2n) is 4.28. The van der Waals surface area contributed by atoms with Crippen LogP contribution in [0.3, 0.4) is 0 Å². The van der Waals surface area contributed by atoms with Gasteiger partial charge in [0.2, 0.25) is 0 Å². The topological polar surface area (TPSA) is 66.4 Å².